The second-order valence-corrected chi connectivity index (χ2v) is 8.37. The molecule has 0 N–H and O–H groups in total. The highest BCUT2D eigenvalue weighted by atomic mass is 32.2. The smallest absolute Gasteiger partial charge is 0.251 e. The van der Waals surface area contributed by atoms with Gasteiger partial charge in [-0.05, 0) is 24.8 Å². The summed E-state index contributed by atoms with van der Waals surface area (Å²) >= 11 is 0. The number of hydrogen-bond donors (Lipinski definition) is 0. The summed E-state index contributed by atoms with van der Waals surface area (Å²) in [5.41, 5.74) is 1.02. The molecule has 6 nitrogen and oxygen atoms in total. The quantitative estimate of drug-likeness (QED) is 0.789. The number of piperazine rings is 1. The van der Waals surface area contributed by atoms with E-state index in [2.05, 4.69) is 0 Å². The van der Waals surface area contributed by atoms with E-state index in [0.717, 1.165) is 18.4 Å². The van der Waals surface area contributed by atoms with Crippen molar-refractivity contribution in [3.05, 3.63) is 35.9 Å². The topological polar surface area (TPSA) is 66.9 Å². The van der Waals surface area contributed by atoms with Gasteiger partial charge in [-0.2, -0.15) is 4.31 Å². The first-order chi connectivity index (χ1) is 11.6. The van der Waals surface area contributed by atoms with E-state index >= 15 is 0 Å². The molecule has 2 fully saturated rings. The van der Waals surface area contributed by atoms with Crippen molar-refractivity contribution < 1.29 is 17.9 Å². The van der Waals surface area contributed by atoms with Crippen LogP contribution in [0.25, 0.3) is 0 Å². The highest BCUT2D eigenvalue weighted by molar-refractivity contribution is 7.89. The van der Waals surface area contributed by atoms with E-state index in [1.165, 1.54) is 4.31 Å². The largest absolute Gasteiger partial charge is 0.368 e. The molecule has 1 atom stereocenters. The number of rotatable bonds is 5. The third kappa shape index (κ3) is 4.15. The van der Waals surface area contributed by atoms with E-state index in [1.807, 2.05) is 30.3 Å². The Balaban J connectivity index is 1.50. The predicted octanol–water partition coefficient (Wildman–Crippen LogP) is 0.882. The maximum Gasteiger partial charge on any atom is 0.251 e. The van der Waals surface area contributed by atoms with Gasteiger partial charge >= 0.3 is 0 Å². The minimum Gasteiger partial charge on any atom is -0.368 e. The Morgan fingerprint density at radius 1 is 1.12 bits per heavy atom. The van der Waals surface area contributed by atoms with Gasteiger partial charge in [0.05, 0.1) is 5.75 Å². The van der Waals surface area contributed by atoms with Crippen LogP contribution in [0.1, 0.15) is 18.4 Å². The number of carbonyl (C=O) groups is 1. The van der Waals surface area contributed by atoms with Crippen LogP contribution in [-0.2, 0) is 26.0 Å². The third-order valence-corrected chi connectivity index (χ3v) is 6.51. The Morgan fingerprint density at radius 2 is 1.83 bits per heavy atom. The first-order valence-corrected chi connectivity index (χ1v) is 10.1. The number of carbonyl (C=O) groups excluding carboxylic acids is 1. The van der Waals surface area contributed by atoms with E-state index < -0.39 is 10.0 Å². The third-order valence-electron chi connectivity index (χ3n) is 4.64. The zero-order chi connectivity index (χ0) is 17.0. The lowest BCUT2D eigenvalue weighted by molar-refractivity contribution is -0.142. The van der Waals surface area contributed by atoms with Gasteiger partial charge in [-0.25, -0.2) is 8.42 Å². The molecule has 1 aromatic rings. The molecule has 132 valence electrons. The lowest BCUT2D eigenvalue weighted by Gasteiger charge is -2.35. The lowest BCUT2D eigenvalue weighted by atomic mass is 10.2. The molecule has 0 bridgehead atoms. The summed E-state index contributed by atoms with van der Waals surface area (Å²) in [5, 5.41) is 0. The minimum atomic E-state index is -3.29. The second-order valence-electron chi connectivity index (χ2n) is 6.28. The normalized spacial score (nSPS) is 22.7. The van der Waals surface area contributed by atoms with Gasteiger partial charge in [0, 0.05) is 32.8 Å². The highest BCUT2D eigenvalue weighted by Gasteiger charge is 2.33. The van der Waals surface area contributed by atoms with Gasteiger partial charge in [0.15, 0.2) is 0 Å². The zero-order valence-corrected chi connectivity index (χ0v) is 14.6. The van der Waals surface area contributed by atoms with Crippen molar-refractivity contribution >= 4 is 15.9 Å². The Labute approximate surface area is 143 Å². The van der Waals surface area contributed by atoms with Crippen LogP contribution in [0.4, 0.5) is 0 Å². The van der Waals surface area contributed by atoms with Crippen molar-refractivity contribution in [2.45, 2.75) is 25.4 Å². The van der Waals surface area contributed by atoms with Crippen molar-refractivity contribution in [1.29, 1.82) is 0 Å². The summed E-state index contributed by atoms with van der Waals surface area (Å²) < 4.78 is 31.9. The number of aryl methyl sites for hydroxylation is 1. The number of amides is 1. The molecule has 7 heteroatoms. The van der Waals surface area contributed by atoms with Crippen molar-refractivity contribution in [2.75, 3.05) is 38.5 Å². The van der Waals surface area contributed by atoms with Crippen LogP contribution in [0.2, 0.25) is 0 Å². The van der Waals surface area contributed by atoms with Crippen LogP contribution in [0.15, 0.2) is 30.3 Å². The number of hydrogen-bond acceptors (Lipinski definition) is 4. The van der Waals surface area contributed by atoms with Crippen molar-refractivity contribution in [1.82, 2.24) is 9.21 Å². The van der Waals surface area contributed by atoms with Crippen molar-refractivity contribution in [3.8, 4) is 0 Å². The lowest BCUT2D eigenvalue weighted by Crippen LogP contribution is -2.53. The molecule has 2 aliphatic rings. The standard InChI is InChI=1S/C17H24N2O4S/c20-17(16-7-4-13-23-16)18-9-11-19(12-10-18)24(21,22)14-8-15-5-2-1-3-6-15/h1-3,5-6,16H,4,7-14H2. The molecule has 0 aromatic heterocycles. The maximum absolute atomic E-state index is 12.5. The number of sulfonamides is 1. The van der Waals surface area contributed by atoms with Crippen LogP contribution in [0.3, 0.4) is 0 Å². The van der Waals surface area contributed by atoms with Gasteiger partial charge in [0.25, 0.3) is 5.91 Å². The van der Waals surface area contributed by atoms with E-state index in [0.29, 0.717) is 39.2 Å². The molecule has 0 spiro atoms. The van der Waals surface area contributed by atoms with E-state index in [1.54, 1.807) is 4.90 Å². The van der Waals surface area contributed by atoms with E-state index in [-0.39, 0.29) is 17.8 Å². The zero-order valence-electron chi connectivity index (χ0n) is 13.8. The summed E-state index contributed by atoms with van der Waals surface area (Å²) in [5.74, 6) is 0.116. The Kier molecular flexibility index (Phi) is 5.53. The number of nitrogens with zero attached hydrogens (tertiary/aromatic N) is 2. The van der Waals surface area contributed by atoms with Crippen LogP contribution in [-0.4, -0.2) is 68.2 Å². The van der Waals surface area contributed by atoms with Gasteiger partial charge < -0.3 is 9.64 Å². The summed E-state index contributed by atoms with van der Waals surface area (Å²) in [6.07, 6.45) is 1.88. The molecular formula is C17H24N2O4S. The SMILES string of the molecule is O=C(C1CCCO1)N1CCN(S(=O)(=O)CCc2ccccc2)CC1. The summed E-state index contributed by atoms with van der Waals surface area (Å²) in [6, 6.07) is 9.62. The molecule has 0 saturated carbocycles. The van der Waals surface area contributed by atoms with Crippen molar-refractivity contribution in [3.63, 3.8) is 0 Å². The first-order valence-electron chi connectivity index (χ1n) is 8.48. The van der Waals surface area contributed by atoms with Gasteiger partial charge in [-0.1, -0.05) is 30.3 Å². The Hall–Kier alpha value is -1.44. The molecule has 1 unspecified atom stereocenters. The molecule has 2 saturated heterocycles. The summed E-state index contributed by atoms with van der Waals surface area (Å²) in [4.78, 5) is 14.0. The van der Waals surface area contributed by atoms with Gasteiger partial charge in [0.2, 0.25) is 10.0 Å². The summed E-state index contributed by atoms with van der Waals surface area (Å²) in [6.45, 7) is 2.28. The predicted molar refractivity (Wildman–Crippen MR) is 91.1 cm³/mol. The molecule has 24 heavy (non-hydrogen) atoms. The van der Waals surface area contributed by atoms with Gasteiger partial charge in [-0.15, -0.1) is 0 Å². The molecule has 3 rings (SSSR count). The van der Waals surface area contributed by atoms with Crippen molar-refractivity contribution in [2.24, 2.45) is 0 Å². The monoisotopic (exact) mass is 352 g/mol. The van der Waals surface area contributed by atoms with Crippen LogP contribution >= 0.6 is 0 Å². The molecule has 1 aromatic carbocycles. The van der Waals surface area contributed by atoms with Crippen LogP contribution in [0, 0.1) is 0 Å². The van der Waals surface area contributed by atoms with Gasteiger partial charge in [0.1, 0.15) is 6.10 Å². The minimum absolute atomic E-state index is 0.00818. The average molecular weight is 352 g/mol. The molecule has 0 aliphatic carbocycles. The maximum atomic E-state index is 12.5. The molecule has 0 radical (unpaired) electrons. The second kappa shape index (κ2) is 7.63. The van der Waals surface area contributed by atoms with E-state index in [4.69, 9.17) is 4.74 Å². The van der Waals surface area contributed by atoms with E-state index in [9.17, 15) is 13.2 Å². The molecule has 2 heterocycles. The summed E-state index contributed by atoms with van der Waals surface area (Å²) in [7, 11) is -3.29. The van der Waals surface area contributed by atoms with Crippen LogP contribution in [0.5, 0.6) is 0 Å². The number of ether oxygens (including phenoxy) is 1. The fourth-order valence-corrected chi connectivity index (χ4v) is 4.65. The van der Waals surface area contributed by atoms with Gasteiger partial charge in [-0.3, -0.25) is 4.79 Å². The fourth-order valence-electron chi connectivity index (χ4n) is 3.18. The molecule has 1 amide bonds. The Bertz CT molecular complexity index is 648. The first kappa shape index (κ1) is 17.4. The Morgan fingerprint density at radius 3 is 2.46 bits per heavy atom. The fraction of sp³-hybridized carbons (Fsp3) is 0.588. The average Bonchev–Trinajstić information content (AvgIpc) is 3.15. The molecule has 2 aliphatic heterocycles. The van der Waals surface area contributed by atoms with Crippen LogP contribution < -0.4 is 0 Å². The highest BCUT2D eigenvalue weighted by Crippen LogP contribution is 2.17. The molecular weight excluding hydrogens is 328 g/mol. The number of benzene rings is 1.